The standard InChI is InChI=1S/C42H32N2O2S/c1-41(2)31-21-19-25(23-37(31)43-35-17-7-5-11-27(35)29-13-9-15-33(41)39(29)43)47(45,46)26-20-22-32-38(24-26)44-36-18-8-6-12-28(36)30-14-10-16-34(40(30)44)42(32,3)4/h5-24H,1-4H3. The van der Waals surface area contributed by atoms with Crippen LogP contribution in [0, 0.1) is 0 Å². The summed E-state index contributed by atoms with van der Waals surface area (Å²) in [5.41, 5.74) is 10.4. The third kappa shape index (κ3) is 3.20. The van der Waals surface area contributed by atoms with E-state index < -0.39 is 9.84 Å². The van der Waals surface area contributed by atoms with E-state index in [1.807, 2.05) is 24.3 Å². The van der Waals surface area contributed by atoms with Gasteiger partial charge in [0.1, 0.15) is 0 Å². The largest absolute Gasteiger partial charge is 0.309 e. The van der Waals surface area contributed by atoms with Crippen LogP contribution in [0.3, 0.4) is 0 Å². The average Bonchev–Trinajstić information content (AvgIpc) is 3.60. The molecule has 0 fully saturated rings. The van der Waals surface area contributed by atoms with E-state index >= 15 is 0 Å². The van der Waals surface area contributed by atoms with E-state index in [0.717, 1.165) is 44.6 Å². The Morgan fingerprint density at radius 1 is 0.447 bits per heavy atom. The molecule has 4 heterocycles. The van der Waals surface area contributed by atoms with Gasteiger partial charge < -0.3 is 9.13 Å². The van der Waals surface area contributed by atoms with Crippen molar-refractivity contribution >= 4 is 53.4 Å². The van der Waals surface area contributed by atoms with E-state index in [2.05, 4.69) is 122 Å². The molecule has 0 saturated carbocycles. The minimum atomic E-state index is -3.87. The predicted octanol–water partition coefficient (Wildman–Crippen LogP) is 9.99. The van der Waals surface area contributed by atoms with Gasteiger partial charge in [-0.3, -0.25) is 0 Å². The van der Waals surface area contributed by atoms with Crippen molar-refractivity contribution in [2.75, 3.05) is 0 Å². The number of fused-ring (bicyclic) bond motifs is 10. The van der Waals surface area contributed by atoms with Crippen LogP contribution in [0.25, 0.3) is 55.0 Å². The fourth-order valence-corrected chi connectivity index (χ4v) is 10.1. The van der Waals surface area contributed by atoms with Gasteiger partial charge in [0.25, 0.3) is 0 Å². The second-order valence-electron chi connectivity index (χ2n) is 14.2. The van der Waals surface area contributed by atoms with Gasteiger partial charge in [-0.2, -0.15) is 0 Å². The second kappa shape index (κ2) is 8.61. The van der Waals surface area contributed by atoms with Crippen LogP contribution in [0.4, 0.5) is 0 Å². The molecule has 2 aromatic heterocycles. The molecule has 228 valence electrons. The first-order valence-electron chi connectivity index (χ1n) is 16.2. The normalized spacial score (nSPS) is 15.7. The summed E-state index contributed by atoms with van der Waals surface area (Å²) in [6.07, 6.45) is 0. The van der Waals surface area contributed by atoms with Crippen LogP contribution >= 0.6 is 0 Å². The van der Waals surface area contributed by atoms with Crippen molar-refractivity contribution in [1.29, 1.82) is 0 Å². The third-order valence-electron chi connectivity index (χ3n) is 11.1. The first-order chi connectivity index (χ1) is 22.6. The average molecular weight is 629 g/mol. The van der Waals surface area contributed by atoms with Gasteiger partial charge in [0.2, 0.25) is 9.84 Å². The van der Waals surface area contributed by atoms with E-state index in [0.29, 0.717) is 9.79 Å². The number of rotatable bonds is 2. The highest BCUT2D eigenvalue weighted by molar-refractivity contribution is 7.91. The van der Waals surface area contributed by atoms with E-state index in [-0.39, 0.29) is 10.8 Å². The van der Waals surface area contributed by atoms with Crippen molar-refractivity contribution in [3.05, 3.63) is 144 Å². The minimum Gasteiger partial charge on any atom is -0.309 e. The number of hydrogen-bond acceptors (Lipinski definition) is 2. The summed E-state index contributed by atoms with van der Waals surface area (Å²) >= 11 is 0. The number of benzene rings is 6. The lowest BCUT2D eigenvalue weighted by Gasteiger charge is -2.35. The molecule has 0 amide bonds. The van der Waals surface area contributed by atoms with Crippen molar-refractivity contribution in [2.24, 2.45) is 0 Å². The highest BCUT2D eigenvalue weighted by Gasteiger charge is 2.38. The molecular weight excluding hydrogens is 597 g/mol. The lowest BCUT2D eigenvalue weighted by molar-refractivity contribution is 0.593. The fraction of sp³-hybridized carbons (Fsp3) is 0.143. The maximum atomic E-state index is 14.7. The third-order valence-corrected chi connectivity index (χ3v) is 12.9. The van der Waals surface area contributed by atoms with E-state index in [9.17, 15) is 8.42 Å². The number of sulfone groups is 1. The minimum absolute atomic E-state index is 0.298. The molecule has 0 bridgehead atoms. The molecule has 47 heavy (non-hydrogen) atoms. The molecule has 8 aromatic rings. The van der Waals surface area contributed by atoms with Crippen LogP contribution < -0.4 is 0 Å². The zero-order valence-electron chi connectivity index (χ0n) is 26.7. The molecule has 6 aromatic carbocycles. The Morgan fingerprint density at radius 3 is 1.30 bits per heavy atom. The van der Waals surface area contributed by atoms with Crippen LogP contribution in [0.2, 0.25) is 0 Å². The van der Waals surface area contributed by atoms with Crippen molar-refractivity contribution in [1.82, 2.24) is 9.13 Å². The Kier molecular flexibility index (Phi) is 4.95. The van der Waals surface area contributed by atoms with E-state index in [1.165, 1.54) is 32.7 Å². The summed E-state index contributed by atoms with van der Waals surface area (Å²) in [6, 6.07) is 41.3. The highest BCUT2D eigenvalue weighted by Crippen LogP contribution is 2.50. The van der Waals surface area contributed by atoms with Crippen LogP contribution in [0.5, 0.6) is 0 Å². The van der Waals surface area contributed by atoms with Crippen LogP contribution in [-0.2, 0) is 20.7 Å². The molecule has 0 atom stereocenters. The van der Waals surface area contributed by atoms with Crippen molar-refractivity contribution in [3.63, 3.8) is 0 Å². The number of hydrogen-bond donors (Lipinski definition) is 0. The van der Waals surface area contributed by atoms with Gasteiger partial charge in [-0.05, 0) is 58.7 Å². The molecule has 0 unspecified atom stereocenters. The van der Waals surface area contributed by atoms with Gasteiger partial charge in [0.05, 0.1) is 43.2 Å². The molecule has 0 N–H and O–H groups in total. The molecule has 4 nitrogen and oxygen atoms in total. The van der Waals surface area contributed by atoms with Crippen LogP contribution in [0.15, 0.2) is 131 Å². The Bertz CT molecular complexity index is 2630. The second-order valence-corrected chi connectivity index (χ2v) is 16.2. The molecule has 2 aliphatic heterocycles. The monoisotopic (exact) mass is 628 g/mol. The lowest BCUT2D eigenvalue weighted by Crippen LogP contribution is -2.27. The Morgan fingerprint density at radius 2 is 0.851 bits per heavy atom. The highest BCUT2D eigenvalue weighted by atomic mass is 32.2. The first-order valence-corrected chi connectivity index (χ1v) is 17.7. The fourth-order valence-electron chi connectivity index (χ4n) is 8.76. The van der Waals surface area contributed by atoms with Crippen LogP contribution in [-0.4, -0.2) is 17.6 Å². The van der Waals surface area contributed by atoms with Gasteiger partial charge >= 0.3 is 0 Å². The number of para-hydroxylation sites is 4. The summed E-state index contributed by atoms with van der Waals surface area (Å²) in [4.78, 5) is 0.602. The summed E-state index contributed by atoms with van der Waals surface area (Å²) in [5.74, 6) is 0. The van der Waals surface area contributed by atoms with Gasteiger partial charge in [-0.25, -0.2) is 8.42 Å². The van der Waals surface area contributed by atoms with Gasteiger partial charge in [0, 0.05) is 32.4 Å². The summed E-state index contributed by atoms with van der Waals surface area (Å²) in [5, 5.41) is 4.72. The maximum Gasteiger partial charge on any atom is 0.206 e. The molecule has 0 spiro atoms. The van der Waals surface area contributed by atoms with Crippen molar-refractivity contribution < 1.29 is 8.42 Å². The maximum absolute atomic E-state index is 14.7. The van der Waals surface area contributed by atoms with Gasteiger partial charge in [-0.1, -0.05) is 113 Å². The Labute approximate surface area is 273 Å². The lowest BCUT2D eigenvalue weighted by atomic mass is 9.75. The molecule has 0 saturated heterocycles. The number of aromatic nitrogens is 2. The molecule has 0 aliphatic carbocycles. The van der Waals surface area contributed by atoms with E-state index in [1.54, 1.807) is 12.1 Å². The van der Waals surface area contributed by atoms with E-state index in [4.69, 9.17) is 0 Å². The summed E-state index contributed by atoms with van der Waals surface area (Å²) in [6.45, 7) is 8.95. The molecule has 2 aliphatic rings. The first kappa shape index (κ1) is 27.0. The van der Waals surface area contributed by atoms with Gasteiger partial charge in [0.15, 0.2) is 0 Å². The SMILES string of the molecule is CC1(C)c2ccc(S(=O)(=O)c3ccc4c(c3)-n3c5ccccc5c5cccc(c53)C4(C)C)cc2-n2c3ccccc3c3cccc1c32. The van der Waals surface area contributed by atoms with Crippen molar-refractivity contribution in [2.45, 2.75) is 48.3 Å². The Hall–Kier alpha value is -5.13. The quantitative estimate of drug-likeness (QED) is 0.191. The molecule has 10 rings (SSSR count). The predicted molar refractivity (Wildman–Crippen MR) is 191 cm³/mol. The molecular formula is C42H32N2O2S. The topological polar surface area (TPSA) is 44.0 Å². The van der Waals surface area contributed by atoms with Crippen LogP contribution in [0.1, 0.15) is 49.9 Å². The smallest absolute Gasteiger partial charge is 0.206 e. The number of nitrogens with zero attached hydrogens (tertiary/aromatic N) is 2. The zero-order valence-corrected chi connectivity index (χ0v) is 27.5. The summed E-state index contributed by atoms with van der Waals surface area (Å²) in [7, 11) is -3.87. The summed E-state index contributed by atoms with van der Waals surface area (Å²) < 4.78 is 33.9. The van der Waals surface area contributed by atoms with Crippen molar-refractivity contribution in [3.8, 4) is 11.4 Å². The zero-order chi connectivity index (χ0) is 32.0. The van der Waals surface area contributed by atoms with Gasteiger partial charge in [-0.15, -0.1) is 0 Å². The molecule has 5 heteroatoms. The molecule has 0 radical (unpaired) electrons. The Balaban J connectivity index is 1.22.